The van der Waals surface area contributed by atoms with Gasteiger partial charge in [0.1, 0.15) is 5.75 Å². The highest BCUT2D eigenvalue weighted by atomic mass is 19.3. The fraction of sp³-hybridized carbons (Fsp3) is 0.538. The van der Waals surface area contributed by atoms with Crippen molar-refractivity contribution in [3.8, 4) is 5.75 Å². The highest BCUT2D eigenvalue weighted by Crippen LogP contribution is 2.38. The maximum atomic E-state index is 13.0. The number of phenols is 1. The van der Waals surface area contributed by atoms with Gasteiger partial charge in [0.15, 0.2) is 0 Å². The first kappa shape index (κ1) is 13.1. The van der Waals surface area contributed by atoms with Crippen molar-refractivity contribution in [2.45, 2.75) is 19.3 Å². The predicted octanol–water partition coefficient (Wildman–Crippen LogP) is 2.20. The van der Waals surface area contributed by atoms with Gasteiger partial charge in [-0.3, -0.25) is 0 Å². The molecule has 0 aromatic heterocycles. The van der Waals surface area contributed by atoms with E-state index in [0.717, 1.165) is 5.69 Å². The molecule has 3 N–H and O–H groups in total. The monoisotopic (exact) mass is 256 g/mol. The minimum absolute atomic E-state index is 0.0263. The average molecular weight is 256 g/mol. The van der Waals surface area contributed by atoms with E-state index in [-0.39, 0.29) is 12.3 Å². The summed E-state index contributed by atoms with van der Waals surface area (Å²) >= 11 is 0. The number of hydrogen-bond acceptors (Lipinski definition) is 3. The van der Waals surface area contributed by atoms with Crippen LogP contribution in [0.2, 0.25) is 0 Å². The van der Waals surface area contributed by atoms with Gasteiger partial charge in [-0.05, 0) is 25.0 Å². The maximum Gasteiger partial charge on any atom is 0.245 e. The van der Waals surface area contributed by atoms with Crippen LogP contribution >= 0.6 is 0 Å². The summed E-state index contributed by atoms with van der Waals surface area (Å²) in [6, 6.07) is 6.87. The summed E-state index contributed by atoms with van der Waals surface area (Å²) in [7, 11) is 0. The van der Waals surface area contributed by atoms with Crippen molar-refractivity contribution in [3.05, 3.63) is 24.3 Å². The summed E-state index contributed by atoms with van der Waals surface area (Å²) in [5.74, 6) is 0.192. The Kier molecular flexibility index (Phi) is 3.71. The molecule has 0 aliphatic carbocycles. The zero-order valence-electron chi connectivity index (χ0n) is 10.1. The number of rotatable bonds is 3. The van der Waals surface area contributed by atoms with Gasteiger partial charge in [0.2, 0.25) is 6.43 Å². The number of nitrogens with zero attached hydrogens (tertiary/aromatic N) is 1. The van der Waals surface area contributed by atoms with Crippen LogP contribution in [-0.2, 0) is 0 Å². The Hall–Kier alpha value is -1.36. The van der Waals surface area contributed by atoms with E-state index in [1.54, 1.807) is 18.2 Å². The third-order valence-electron chi connectivity index (χ3n) is 3.82. The Morgan fingerprint density at radius 1 is 1.33 bits per heavy atom. The minimum atomic E-state index is -2.37. The molecule has 1 aliphatic rings. The molecule has 0 spiro atoms. The molecule has 1 saturated heterocycles. The van der Waals surface area contributed by atoms with E-state index in [0.29, 0.717) is 25.9 Å². The lowest BCUT2D eigenvalue weighted by Crippen LogP contribution is -2.47. The van der Waals surface area contributed by atoms with Crippen LogP contribution in [0, 0.1) is 5.41 Å². The summed E-state index contributed by atoms with van der Waals surface area (Å²) < 4.78 is 26.1. The predicted molar refractivity (Wildman–Crippen MR) is 67.0 cm³/mol. The Morgan fingerprint density at radius 2 is 2.00 bits per heavy atom. The van der Waals surface area contributed by atoms with Crippen molar-refractivity contribution in [1.82, 2.24) is 0 Å². The van der Waals surface area contributed by atoms with E-state index in [9.17, 15) is 13.9 Å². The van der Waals surface area contributed by atoms with E-state index >= 15 is 0 Å². The first-order chi connectivity index (χ1) is 8.57. The zero-order chi connectivity index (χ0) is 13.2. The molecule has 100 valence electrons. The van der Waals surface area contributed by atoms with E-state index in [1.807, 2.05) is 11.0 Å². The fourth-order valence-corrected chi connectivity index (χ4v) is 2.41. The van der Waals surface area contributed by atoms with Crippen LogP contribution in [0.4, 0.5) is 14.5 Å². The molecule has 2 rings (SSSR count). The number of nitrogens with two attached hydrogens (primary N) is 1. The van der Waals surface area contributed by atoms with E-state index < -0.39 is 11.8 Å². The summed E-state index contributed by atoms with van der Waals surface area (Å²) in [6.45, 7) is 1.12. The molecule has 18 heavy (non-hydrogen) atoms. The molecule has 1 fully saturated rings. The number of phenolic OH excluding ortho intramolecular Hbond substituents is 1. The Balaban J connectivity index is 2.06. The molecule has 0 atom stereocenters. The molecule has 3 nitrogen and oxygen atoms in total. The van der Waals surface area contributed by atoms with Crippen LogP contribution in [0.3, 0.4) is 0 Å². The number of anilines is 1. The fourth-order valence-electron chi connectivity index (χ4n) is 2.41. The number of piperidine rings is 1. The minimum Gasteiger partial charge on any atom is -0.508 e. The zero-order valence-corrected chi connectivity index (χ0v) is 10.1. The van der Waals surface area contributed by atoms with Gasteiger partial charge in [-0.2, -0.15) is 0 Å². The van der Waals surface area contributed by atoms with Crippen molar-refractivity contribution in [2.75, 3.05) is 24.5 Å². The lowest BCUT2D eigenvalue weighted by atomic mass is 9.78. The second-order valence-electron chi connectivity index (χ2n) is 4.87. The number of alkyl halides is 2. The van der Waals surface area contributed by atoms with Crippen LogP contribution in [0.15, 0.2) is 24.3 Å². The molecule has 1 heterocycles. The van der Waals surface area contributed by atoms with Crippen LogP contribution < -0.4 is 10.6 Å². The summed E-state index contributed by atoms with van der Waals surface area (Å²) in [5, 5.41) is 9.41. The topological polar surface area (TPSA) is 49.5 Å². The van der Waals surface area contributed by atoms with Crippen molar-refractivity contribution in [1.29, 1.82) is 0 Å². The Labute approximate surface area is 105 Å². The standard InChI is InChI=1S/C13H18F2N2O/c14-12(15)13(9-16)4-6-17(7-5-13)10-2-1-3-11(18)8-10/h1-3,8,12,18H,4-7,9,16H2. The van der Waals surface area contributed by atoms with Crippen molar-refractivity contribution >= 4 is 5.69 Å². The van der Waals surface area contributed by atoms with E-state index in [2.05, 4.69) is 0 Å². The van der Waals surface area contributed by atoms with Crippen molar-refractivity contribution in [2.24, 2.45) is 11.1 Å². The maximum absolute atomic E-state index is 13.0. The van der Waals surface area contributed by atoms with Gasteiger partial charge in [0.25, 0.3) is 0 Å². The number of aromatic hydroxyl groups is 1. The average Bonchev–Trinajstić information content (AvgIpc) is 2.38. The third kappa shape index (κ3) is 2.41. The van der Waals surface area contributed by atoms with Gasteiger partial charge in [-0.1, -0.05) is 6.07 Å². The molecule has 1 aromatic rings. The number of halogens is 2. The third-order valence-corrected chi connectivity index (χ3v) is 3.82. The van der Waals surface area contributed by atoms with Gasteiger partial charge in [0, 0.05) is 36.8 Å². The second-order valence-corrected chi connectivity index (χ2v) is 4.87. The highest BCUT2D eigenvalue weighted by Gasteiger charge is 2.41. The summed E-state index contributed by atoms with van der Waals surface area (Å²) in [5.41, 5.74) is 5.34. The summed E-state index contributed by atoms with van der Waals surface area (Å²) in [6.07, 6.45) is -1.60. The SMILES string of the molecule is NCC1(C(F)F)CCN(c2cccc(O)c2)CC1. The Bertz CT molecular complexity index is 404. The van der Waals surface area contributed by atoms with Gasteiger partial charge in [-0.15, -0.1) is 0 Å². The van der Waals surface area contributed by atoms with Gasteiger partial charge < -0.3 is 15.7 Å². The smallest absolute Gasteiger partial charge is 0.245 e. The quantitative estimate of drug-likeness (QED) is 0.871. The van der Waals surface area contributed by atoms with E-state index in [4.69, 9.17) is 5.73 Å². The number of benzene rings is 1. The van der Waals surface area contributed by atoms with Gasteiger partial charge in [0.05, 0.1) is 0 Å². The van der Waals surface area contributed by atoms with E-state index in [1.165, 1.54) is 0 Å². The first-order valence-corrected chi connectivity index (χ1v) is 6.10. The first-order valence-electron chi connectivity index (χ1n) is 6.10. The molecule has 0 amide bonds. The molecular formula is C13H18F2N2O. The highest BCUT2D eigenvalue weighted by molar-refractivity contribution is 5.50. The van der Waals surface area contributed by atoms with Crippen LogP contribution in [0.1, 0.15) is 12.8 Å². The normalized spacial score (nSPS) is 19.2. The molecule has 1 aliphatic heterocycles. The molecule has 0 bridgehead atoms. The molecule has 5 heteroatoms. The molecule has 0 saturated carbocycles. The van der Waals surface area contributed by atoms with Crippen LogP contribution in [-0.4, -0.2) is 31.2 Å². The van der Waals surface area contributed by atoms with Crippen molar-refractivity contribution in [3.63, 3.8) is 0 Å². The Morgan fingerprint density at radius 3 is 2.50 bits per heavy atom. The van der Waals surface area contributed by atoms with Crippen molar-refractivity contribution < 1.29 is 13.9 Å². The van der Waals surface area contributed by atoms with Gasteiger partial charge in [-0.25, -0.2) is 8.78 Å². The lowest BCUT2D eigenvalue weighted by molar-refractivity contribution is -0.0160. The largest absolute Gasteiger partial charge is 0.508 e. The summed E-state index contributed by atoms with van der Waals surface area (Å²) in [4.78, 5) is 2.01. The lowest BCUT2D eigenvalue weighted by Gasteiger charge is -2.41. The van der Waals surface area contributed by atoms with Crippen LogP contribution in [0.25, 0.3) is 0 Å². The molecule has 0 radical (unpaired) electrons. The molecule has 1 aromatic carbocycles. The molecule has 0 unspecified atom stereocenters. The number of hydrogen-bond donors (Lipinski definition) is 2. The second kappa shape index (κ2) is 5.10. The van der Waals surface area contributed by atoms with Gasteiger partial charge >= 0.3 is 0 Å². The molecular weight excluding hydrogens is 238 g/mol. The van der Waals surface area contributed by atoms with Crippen LogP contribution in [0.5, 0.6) is 5.75 Å².